The van der Waals surface area contributed by atoms with Crippen LogP contribution in [-0.2, 0) is 4.79 Å². The van der Waals surface area contributed by atoms with Gasteiger partial charge in [0.15, 0.2) is 0 Å². The lowest BCUT2D eigenvalue weighted by atomic mass is 10.2. The summed E-state index contributed by atoms with van der Waals surface area (Å²) in [4.78, 5) is 12.0. The van der Waals surface area contributed by atoms with Crippen molar-refractivity contribution in [3.63, 3.8) is 0 Å². The van der Waals surface area contributed by atoms with Crippen LogP contribution in [0, 0.1) is 5.82 Å². The lowest BCUT2D eigenvalue weighted by molar-refractivity contribution is -0.120. The molecule has 1 amide bonds. The number of amides is 1. The van der Waals surface area contributed by atoms with E-state index in [1.807, 2.05) is 10.4 Å². The molecule has 0 bridgehead atoms. The summed E-state index contributed by atoms with van der Waals surface area (Å²) in [6.07, 6.45) is 1.74. The Hall–Kier alpha value is -1.07. The number of nitrogens with zero attached hydrogens (tertiary/aromatic N) is 1. The summed E-state index contributed by atoms with van der Waals surface area (Å²) in [7, 11) is 0. The SMILES string of the molecule is NC(=O)C1CCCN1Sc1cccc(F)c1. The summed E-state index contributed by atoms with van der Waals surface area (Å²) in [5.74, 6) is -0.568. The van der Waals surface area contributed by atoms with Crippen molar-refractivity contribution < 1.29 is 9.18 Å². The van der Waals surface area contributed by atoms with Crippen molar-refractivity contribution in [2.45, 2.75) is 23.8 Å². The van der Waals surface area contributed by atoms with Gasteiger partial charge in [-0.05, 0) is 43.0 Å². The molecule has 3 nitrogen and oxygen atoms in total. The maximum absolute atomic E-state index is 13.0. The third-order valence-corrected chi connectivity index (χ3v) is 3.69. The minimum absolute atomic E-state index is 0.228. The summed E-state index contributed by atoms with van der Waals surface area (Å²) >= 11 is 1.39. The molecule has 1 aromatic rings. The lowest BCUT2D eigenvalue weighted by Crippen LogP contribution is -2.36. The highest BCUT2D eigenvalue weighted by atomic mass is 32.2. The third-order valence-electron chi connectivity index (χ3n) is 2.55. The lowest BCUT2D eigenvalue weighted by Gasteiger charge is -2.20. The molecule has 1 aliphatic rings. The standard InChI is InChI=1S/C11H13FN2OS/c12-8-3-1-4-9(7-8)16-14-6-2-5-10(14)11(13)15/h1,3-4,7,10H,2,5-6H2,(H2,13,15). The average molecular weight is 240 g/mol. The van der Waals surface area contributed by atoms with Gasteiger partial charge in [-0.1, -0.05) is 6.07 Å². The third kappa shape index (κ3) is 2.54. The van der Waals surface area contributed by atoms with E-state index in [0.29, 0.717) is 0 Å². The number of hydrogen-bond acceptors (Lipinski definition) is 3. The Morgan fingerprint density at radius 3 is 3.06 bits per heavy atom. The van der Waals surface area contributed by atoms with Crippen molar-refractivity contribution in [1.29, 1.82) is 0 Å². The van der Waals surface area contributed by atoms with Crippen LogP contribution in [-0.4, -0.2) is 22.8 Å². The topological polar surface area (TPSA) is 46.3 Å². The minimum atomic E-state index is -0.304. The molecule has 0 spiro atoms. The van der Waals surface area contributed by atoms with Crippen LogP contribution in [0.1, 0.15) is 12.8 Å². The molecule has 1 fully saturated rings. The second kappa shape index (κ2) is 4.84. The second-order valence-electron chi connectivity index (χ2n) is 3.75. The molecular weight excluding hydrogens is 227 g/mol. The first-order valence-corrected chi connectivity index (χ1v) is 5.93. The predicted molar refractivity (Wildman–Crippen MR) is 61.2 cm³/mol. The summed E-state index contributed by atoms with van der Waals surface area (Å²) in [6.45, 7) is 0.814. The van der Waals surface area contributed by atoms with Gasteiger partial charge in [0.1, 0.15) is 5.82 Å². The van der Waals surface area contributed by atoms with Crippen LogP contribution in [0.2, 0.25) is 0 Å². The second-order valence-corrected chi connectivity index (χ2v) is 4.87. The Bertz CT molecular complexity index is 399. The monoisotopic (exact) mass is 240 g/mol. The number of benzene rings is 1. The van der Waals surface area contributed by atoms with Crippen LogP contribution < -0.4 is 5.73 Å². The molecule has 1 atom stereocenters. The van der Waals surface area contributed by atoms with E-state index in [1.165, 1.54) is 24.1 Å². The zero-order chi connectivity index (χ0) is 11.5. The molecule has 5 heteroatoms. The van der Waals surface area contributed by atoms with Gasteiger partial charge in [-0.15, -0.1) is 0 Å². The summed E-state index contributed by atoms with van der Waals surface area (Å²) in [5.41, 5.74) is 5.30. The normalized spacial score (nSPS) is 21.2. The van der Waals surface area contributed by atoms with Crippen molar-refractivity contribution in [1.82, 2.24) is 4.31 Å². The van der Waals surface area contributed by atoms with E-state index in [2.05, 4.69) is 0 Å². The van der Waals surface area contributed by atoms with Gasteiger partial charge < -0.3 is 5.73 Å². The molecule has 1 aromatic carbocycles. The van der Waals surface area contributed by atoms with E-state index in [0.717, 1.165) is 24.3 Å². The largest absolute Gasteiger partial charge is 0.368 e. The van der Waals surface area contributed by atoms with Crippen LogP contribution in [0.15, 0.2) is 29.2 Å². The fourth-order valence-corrected chi connectivity index (χ4v) is 2.93. The number of hydrogen-bond donors (Lipinski definition) is 1. The highest BCUT2D eigenvalue weighted by Crippen LogP contribution is 2.31. The fourth-order valence-electron chi connectivity index (χ4n) is 1.79. The van der Waals surface area contributed by atoms with Gasteiger partial charge in [-0.25, -0.2) is 8.70 Å². The molecule has 16 heavy (non-hydrogen) atoms. The number of nitrogens with two attached hydrogens (primary N) is 1. The van der Waals surface area contributed by atoms with Crippen LogP contribution in [0.5, 0.6) is 0 Å². The van der Waals surface area contributed by atoms with Crippen LogP contribution in [0.3, 0.4) is 0 Å². The first-order chi connectivity index (χ1) is 7.66. The van der Waals surface area contributed by atoms with Crippen LogP contribution in [0.25, 0.3) is 0 Å². The number of carbonyl (C=O) groups is 1. The van der Waals surface area contributed by atoms with E-state index in [1.54, 1.807) is 6.07 Å². The van der Waals surface area contributed by atoms with Gasteiger partial charge in [0.05, 0.1) is 6.04 Å². The molecular formula is C11H13FN2OS. The zero-order valence-electron chi connectivity index (χ0n) is 8.73. The molecule has 0 aliphatic carbocycles. The van der Waals surface area contributed by atoms with E-state index < -0.39 is 0 Å². The van der Waals surface area contributed by atoms with E-state index >= 15 is 0 Å². The maximum Gasteiger partial charge on any atom is 0.235 e. The molecule has 2 rings (SSSR count). The van der Waals surface area contributed by atoms with Gasteiger partial charge >= 0.3 is 0 Å². The Balaban J connectivity index is 2.06. The molecule has 0 saturated carbocycles. The van der Waals surface area contributed by atoms with Crippen molar-refractivity contribution in [3.05, 3.63) is 30.1 Å². The van der Waals surface area contributed by atoms with Crippen molar-refractivity contribution >= 4 is 17.9 Å². The number of primary amides is 1. The van der Waals surface area contributed by atoms with Crippen LogP contribution >= 0.6 is 11.9 Å². The van der Waals surface area contributed by atoms with Gasteiger partial charge in [0, 0.05) is 11.4 Å². The quantitative estimate of drug-likeness (QED) is 0.819. The first kappa shape index (κ1) is 11.4. The van der Waals surface area contributed by atoms with Gasteiger partial charge in [-0.2, -0.15) is 0 Å². The Kier molecular flexibility index (Phi) is 3.46. The van der Waals surface area contributed by atoms with E-state index in [4.69, 9.17) is 5.73 Å². The first-order valence-electron chi connectivity index (χ1n) is 5.16. The molecule has 1 saturated heterocycles. The van der Waals surface area contributed by atoms with E-state index in [-0.39, 0.29) is 17.8 Å². The highest BCUT2D eigenvalue weighted by molar-refractivity contribution is 7.97. The molecule has 1 aliphatic heterocycles. The molecule has 0 aromatic heterocycles. The van der Waals surface area contributed by atoms with Crippen molar-refractivity contribution in [3.8, 4) is 0 Å². The Labute approximate surface area is 97.9 Å². The highest BCUT2D eigenvalue weighted by Gasteiger charge is 2.29. The fraction of sp³-hybridized carbons (Fsp3) is 0.364. The predicted octanol–water partition coefficient (Wildman–Crippen LogP) is 1.78. The molecule has 1 heterocycles. The van der Waals surface area contributed by atoms with E-state index in [9.17, 15) is 9.18 Å². The van der Waals surface area contributed by atoms with Gasteiger partial charge in [0.2, 0.25) is 5.91 Å². The molecule has 86 valence electrons. The Morgan fingerprint density at radius 2 is 2.38 bits per heavy atom. The number of rotatable bonds is 3. The number of carbonyl (C=O) groups excluding carboxylic acids is 1. The number of halogens is 1. The summed E-state index contributed by atoms with van der Waals surface area (Å²) < 4.78 is 14.9. The minimum Gasteiger partial charge on any atom is -0.368 e. The van der Waals surface area contributed by atoms with Gasteiger partial charge in [0.25, 0.3) is 0 Å². The maximum atomic E-state index is 13.0. The molecule has 2 N–H and O–H groups in total. The van der Waals surface area contributed by atoms with Crippen molar-refractivity contribution in [2.75, 3.05) is 6.54 Å². The van der Waals surface area contributed by atoms with Crippen molar-refractivity contribution in [2.24, 2.45) is 5.73 Å². The summed E-state index contributed by atoms with van der Waals surface area (Å²) in [5, 5.41) is 0. The van der Waals surface area contributed by atoms with Crippen LogP contribution in [0.4, 0.5) is 4.39 Å². The molecule has 1 unspecified atom stereocenters. The molecule has 0 radical (unpaired) electrons. The summed E-state index contributed by atoms with van der Waals surface area (Å²) in [6, 6.07) is 6.12. The Morgan fingerprint density at radius 1 is 1.56 bits per heavy atom. The smallest absolute Gasteiger partial charge is 0.235 e. The van der Waals surface area contributed by atoms with Gasteiger partial charge in [-0.3, -0.25) is 4.79 Å². The zero-order valence-corrected chi connectivity index (χ0v) is 9.54. The average Bonchev–Trinajstić information content (AvgIpc) is 2.66.